The van der Waals surface area contributed by atoms with Crippen molar-refractivity contribution in [1.29, 1.82) is 0 Å². The maximum atomic E-state index is 9.17. The highest BCUT2D eigenvalue weighted by atomic mass is 16.3. The second-order valence-corrected chi connectivity index (χ2v) is 2.92. The van der Waals surface area contributed by atoms with Crippen LogP contribution in [-0.2, 0) is 0 Å². The summed E-state index contributed by atoms with van der Waals surface area (Å²) in [6.45, 7) is 4.71. The fourth-order valence-electron chi connectivity index (χ4n) is 0.590. The predicted octanol–water partition coefficient (Wildman–Crippen LogP) is -0.535. The van der Waals surface area contributed by atoms with E-state index < -0.39 is 17.7 Å². The molecule has 0 aliphatic carbocycles. The maximum absolute atomic E-state index is 9.17. The fraction of sp³-hybridized carbons (Fsp3) is 1.00. The van der Waals surface area contributed by atoms with E-state index in [9.17, 15) is 5.11 Å². The van der Waals surface area contributed by atoms with Gasteiger partial charge < -0.3 is 15.9 Å². The van der Waals surface area contributed by atoms with E-state index in [4.69, 9.17) is 10.8 Å². The van der Waals surface area contributed by atoms with Crippen molar-refractivity contribution in [3.05, 3.63) is 0 Å². The summed E-state index contributed by atoms with van der Waals surface area (Å²) in [6.07, 6.45) is -0.662. The predicted molar refractivity (Wildman–Crippen MR) is 36.0 cm³/mol. The molecule has 0 aliphatic heterocycles. The van der Waals surface area contributed by atoms with Crippen LogP contribution >= 0.6 is 0 Å². The quantitative estimate of drug-likeness (QED) is 0.474. The van der Waals surface area contributed by atoms with Crippen molar-refractivity contribution in [2.75, 3.05) is 0 Å². The van der Waals surface area contributed by atoms with Crippen molar-refractivity contribution in [3.63, 3.8) is 0 Å². The van der Waals surface area contributed by atoms with Crippen molar-refractivity contribution in [1.82, 2.24) is 0 Å². The highest BCUT2D eigenvalue weighted by Gasteiger charge is 2.26. The highest BCUT2D eigenvalue weighted by molar-refractivity contribution is 4.84. The lowest BCUT2D eigenvalue weighted by molar-refractivity contribution is 0.00172. The van der Waals surface area contributed by atoms with Crippen molar-refractivity contribution in [2.24, 2.45) is 5.73 Å². The summed E-state index contributed by atoms with van der Waals surface area (Å²) in [4.78, 5) is 0. The SMILES string of the molecule is CC(O)C(N)C(C)(C)O. The summed E-state index contributed by atoms with van der Waals surface area (Å²) in [5.74, 6) is 0. The minimum atomic E-state index is -0.992. The Bertz CT molecular complexity index is 85.5. The molecule has 0 radical (unpaired) electrons. The first-order valence-corrected chi connectivity index (χ1v) is 3.01. The van der Waals surface area contributed by atoms with E-state index in [0.717, 1.165) is 0 Å². The van der Waals surface area contributed by atoms with Crippen LogP contribution in [0.4, 0.5) is 0 Å². The average molecular weight is 133 g/mol. The molecule has 0 aromatic heterocycles. The molecule has 4 N–H and O–H groups in total. The summed E-state index contributed by atoms with van der Waals surface area (Å²) in [5.41, 5.74) is 4.40. The van der Waals surface area contributed by atoms with Crippen molar-refractivity contribution in [3.8, 4) is 0 Å². The van der Waals surface area contributed by atoms with Gasteiger partial charge in [-0.1, -0.05) is 0 Å². The molecule has 0 aliphatic rings. The molecule has 0 fully saturated rings. The lowest BCUT2D eigenvalue weighted by Crippen LogP contribution is -2.49. The van der Waals surface area contributed by atoms with Gasteiger partial charge in [0.1, 0.15) is 0 Å². The third-order valence-electron chi connectivity index (χ3n) is 1.34. The van der Waals surface area contributed by atoms with Crippen LogP contribution in [0.3, 0.4) is 0 Å². The van der Waals surface area contributed by atoms with Crippen LogP contribution in [0.5, 0.6) is 0 Å². The second-order valence-electron chi connectivity index (χ2n) is 2.92. The lowest BCUT2D eigenvalue weighted by atomic mass is 9.96. The molecule has 2 atom stereocenters. The number of rotatable bonds is 2. The Labute approximate surface area is 55.5 Å². The lowest BCUT2D eigenvalue weighted by Gasteiger charge is -2.27. The van der Waals surface area contributed by atoms with Gasteiger partial charge in [-0.2, -0.15) is 0 Å². The topological polar surface area (TPSA) is 66.5 Å². The van der Waals surface area contributed by atoms with Gasteiger partial charge in [0.2, 0.25) is 0 Å². The van der Waals surface area contributed by atoms with E-state index in [-0.39, 0.29) is 0 Å². The van der Waals surface area contributed by atoms with Gasteiger partial charge in [-0.3, -0.25) is 0 Å². The Morgan fingerprint density at radius 2 is 1.78 bits per heavy atom. The van der Waals surface area contributed by atoms with E-state index >= 15 is 0 Å². The van der Waals surface area contributed by atoms with Crippen LogP contribution in [0, 0.1) is 0 Å². The zero-order chi connectivity index (χ0) is 7.65. The molecule has 3 heteroatoms. The van der Waals surface area contributed by atoms with Crippen LogP contribution in [0.15, 0.2) is 0 Å². The molecular weight excluding hydrogens is 118 g/mol. The zero-order valence-electron chi connectivity index (χ0n) is 6.13. The standard InChI is InChI=1S/C6H15NO2/c1-4(8)5(7)6(2,3)9/h4-5,8-9H,7H2,1-3H3. The Kier molecular flexibility index (Phi) is 2.61. The zero-order valence-corrected chi connectivity index (χ0v) is 6.13. The number of nitrogens with two attached hydrogens (primary N) is 1. The number of aliphatic hydroxyl groups excluding tert-OH is 1. The molecule has 0 aromatic rings. The molecule has 56 valence electrons. The molecule has 9 heavy (non-hydrogen) atoms. The maximum Gasteiger partial charge on any atom is 0.0767 e. The smallest absolute Gasteiger partial charge is 0.0767 e. The Balaban J connectivity index is 3.88. The van der Waals surface area contributed by atoms with Gasteiger partial charge in [-0.05, 0) is 20.8 Å². The number of hydrogen-bond acceptors (Lipinski definition) is 3. The molecule has 0 amide bonds. The summed E-state index contributed by atoms with van der Waals surface area (Å²) >= 11 is 0. The van der Waals surface area contributed by atoms with E-state index in [1.807, 2.05) is 0 Å². The van der Waals surface area contributed by atoms with Gasteiger partial charge in [0.15, 0.2) is 0 Å². The molecule has 0 spiro atoms. The molecule has 0 aromatic carbocycles. The molecule has 3 nitrogen and oxygen atoms in total. The van der Waals surface area contributed by atoms with Crippen LogP contribution in [0.1, 0.15) is 20.8 Å². The monoisotopic (exact) mass is 133 g/mol. The van der Waals surface area contributed by atoms with Gasteiger partial charge in [0.25, 0.3) is 0 Å². The molecule has 0 heterocycles. The third kappa shape index (κ3) is 2.79. The normalized spacial score (nSPS) is 19.3. The molecule has 0 saturated carbocycles. The van der Waals surface area contributed by atoms with Gasteiger partial charge >= 0.3 is 0 Å². The molecular formula is C6H15NO2. The van der Waals surface area contributed by atoms with Crippen molar-refractivity contribution >= 4 is 0 Å². The largest absolute Gasteiger partial charge is 0.392 e. The summed E-state index contributed by atoms with van der Waals surface area (Å²) in [7, 11) is 0. The first-order chi connectivity index (χ1) is 3.85. The minimum Gasteiger partial charge on any atom is -0.392 e. The van der Waals surface area contributed by atoms with Crippen LogP contribution in [0.25, 0.3) is 0 Å². The van der Waals surface area contributed by atoms with Crippen LogP contribution in [-0.4, -0.2) is 28.0 Å². The van der Waals surface area contributed by atoms with Gasteiger partial charge in [0.05, 0.1) is 17.7 Å². The average Bonchev–Trinajstić information content (AvgIpc) is 1.62. The van der Waals surface area contributed by atoms with E-state index in [1.54, 1.807) is 20.8 Å². The summed E-state index contributed by atoms with van der Waals surface area (Å²) < 4.78 is 0. The number of aliphatic hydroxyl groups is 2. The Morgan fingerprint density at radius 3 is 1.78 bits per heavy atom. The van der Waals surface area contributed by atoms with Gasteiger partial charge in [0, 0.05) is 0 Å². The van der Waals surface area contributed by atoms with Crippen molar-refractivity contribution < 1.29 is 10.2 Å². The molecule has 0 bridgehead atoms. The fourth-order valence-corrected chi connectivity index (χ4v) is 0.590. The summed E-state index contributed by atoms with van der Waals surface area (Å²) in [5, 5.41) is 18.0. The first kappa shape index (κ1) is 8.88. The molecule has 0 rings (SSSR count). The molecule has 2 unspecified atom stereocenters. The second kappa shape index (κ2) is 2.64. The van der Waals surface area contributed by atoms with Crippen molar-refractivity contribution in [2.45, 2.75) is 38.5 Å². The first-order valence-electron chi connectivity index (χ1n) is 3.01. The molecule has 0 saturated heterocycles. The van der Waals surface area contributed by atoms with Gasteiger partial charge in [-0.25, -0.2) is 0 Å². The van der Waals surface area contributed by atoms with Crippen LogP contribution in [0.2, 0.25) is 0 Å². The van der Waals surface area contributed by atoms with Crippen LogP contribution < -0.4 is 5.73 Å². The van der Waals surface area contributed by atoms with E-state index in [1.165, 1.54) is 0 Å². The van der Waals surface area contributed by atoms with Gasteiger partial charge in [-0.15, -0.1) is 0 Å². The number of hydrogen-bond donors (Lipinski definition) is 3. The van der Waals surface area contributed by atoms with E-state index in [2.05, 4.69) is 0 Å². The highest BCUT2D eigenvalue weighted by Crippen LogP contribution is 2.08. The Hall–Kier alpha value is -0.120. The minimum absolute atomic E-state index is 0.572. The third-order valence-corrected chi connectivity index (χ3v) is 1.34. The van der Waals surface area contributed by atoms with E-state index in [0.29, 0.717) is 0 Å². The Morgan fingerprint density at radius 1 is 1.44 bits per heavy atom. The summed E-state index contributed by atoms with van der Waals surface area (Å²) in [6, 6.07) is -0.572.